The number of imidazole rings is 1. The fraction of sp³-hybridized carbons (Fsp3) is 0.250. The van der Waals surface area contributed by atoms with E-state index in [1.807, 2.05) is 22.9 Å². The van der Waals surface area contributed by atoms with E-state index in [1.165, 1.54) is 0 Å². The molecule has 0 saturated carbocycles. The molecule has 90 valence electrons. The Morgan fingerprint density at radius 2 is 2.12 bits per heavy atom. The first-order valence-electron chi connectivity index (χ1n) is 5.26. The Kier molecular flexibility index (Phi) is 4.05. The molecule has 2 rings (SSSR count). The predicted octanol–water partition coefficient (Wildman–Crippen LogP) is 2.77. The normalized spacial score (nSPS) is 10.8. The van der Waals surface area contributed by atoms with E-state index in [4.69, 9.17) is 28.3 Å². The number of aromatic nitrogens is 2. The quantitative estimate of drug-likeness (QED) is 0.928. The van der Waals surface area contributed by atoms with Crippen LogP contribution in [0.5, 0.6) is 0 Å². The molecule has 0 atom stereocenters. The van der Waals surface area contributed by atoms with Crippen LogP contribution in [0, 0.1) is 0 Å². The van der Waals surface area contributed by atoms with Gasteiger partial charge < -0.3 is 9.67 Å². The van der Waals surface area contributed by atoms with Crippen LogP contribution in [-0.2, 0) is 13.0 Å². The number of aliphatic hydroxyl groups excluding tert-OH is 1. The summed E-state index contributed by atoms with van der Waals surface area (Å²) in [5, 5.41) is 10.0. The van der Waals surface area contributed by atoms with Crippen LogP contribution in [0.15, 0.2) is 30.6 Å². The van der Waals surface area contributed by atoms with Crippen LogP contribution >= 0.6 is 23.2 Å². The summed E-state index contributed by atoms with van der Waals surface area (Å²) in [5.41, 5.74) is 0.935. The number of benzene rings is 1. The van der Waals surface area contributed by atoms with Crippen molar-refractivity contribution in [1.82, 2.24) is 9.55 Å². The van der Waals surface area contributed by atoms with E-state index >= 15 is 0 Å². The van der Waals surface area contributed by atoms with E-state index in [1.54, 1.807) is 12.3 Å². The van der Waals surface area contributed by atoms with Crippen LogP contribution in [0.4, 0.5) is 0 Å². The third kappa shape index (κ3) is 2.80. The minimum atomic E-state index is 0.0899. The second-order valence-corrected chi connectivity index (χ2v) is 4.44. The molecular formula is C12H12Cl2N2O. The molecule has 5 heteroatoms. The first-order valence-corrected chi connectivity index (χ1v) is 6.01. The van der Waals surface area contributed by atoms with Crippen molar-refractivity contribution >= 4 is 23.2 Å². The fourth-order valence-electron chi connectivity index (χ4n) is 1.67. The molecule has 1 N–H and O–H groups in total. The molecule has 0 saturated heterocycles. The Hall–Kier alpha value is -1.03. The minimum absolute atomic E-state index is 0.0899. The Bertz CT molecular complexity index is 511. The number of rotatable bonds is 4. The van der Waals surface area contributed by atoms with E-state index in [9.17, 15) is 0 Å². The summed E-state index contributed by atoms with van der Waals surface area (Å²) in [5.74, 6) is 0.864. The van der Waals surface area contributed by atoms with Gasteiger partial charge in [-0.1, -0.05) is 35.3 Å². The van der Waals surface area contributed by atoms with Gasteiger partial charge in [0.05, 0.1) is 16.7 Å². The van der Waals surface area contributed by atoms with Crippen LogP contribution in [-0.4, -0.2) is 21.3 Å². The lowest BCUT2D eigenvalue weighted by atomic mass is 10.1. The summed E-state index contributed by atoms with van der Waals surface area (Å²) in [6.45, 7) is 0.625. The Balaban J connectivity index is 2.25. The molecular weight excluding hydrogens is 259 g/mol. The summed E-state index contributed by atoms with van der Waals surface area (Å²) in [7, 11) is 0. The Morgan fingerprint density at radius 1 is 1.29 bits per heavy atom. The molecule has 1 aromatic carbocycles. The van der Waals surface area contributed by atoms with Gasteiger partial charge in [0.25, 0.3) is 0 Å². The monoisotopic (exact) mass is 270 g/mol. The lowest BCUT2D eigenvalue weighted by molar-refractivity contribution is 0.274. The molecule has 1 heterocycles. The summed E-state index contributed by atoms with van der Waals surface area (Å²) in [6, 6.07) is 5.54. The van der Waals surface area contributed by atoms with Crippen molar-refractivity contribution in [3.05, 3.63) is 52.0 Å². The van der Waals surface area contributed by atoms with Gasteiger partial charge >= 0.3 is 0 Å². The zero-order chi connectivity index (χ0) is 12.3. The SMILES string of the molecule is OCCn1ccnc1Cc1cccc(Cl)c1Cl. The van der Waals surface area contributed by atoms with E-state index in [-0.39, 0.29) is 6.61 Å². The zero-order valence-electron chi connectivity index (χ0n) is 9.11. The first-order chi connectivity index (χ1) is 8.22. The maximum absolute atomic E-state index is 8.93. The molecule has 0 aliphatic heterocycles. The minimum Gasteiger partial charge on any atom is -0.395 e. The van der Waals surface area contributed by atoms with Crippen molar-refractivity contribution in [3.8, 4) is 0 Å². The Labute approximate surface area is 110 Å². The molecule has 0 aliphatic rings. The fourth-order valence-corrected chi connectivity index (χ4v) is 2.06. The van der Waals surface area contributed by atoms with Crippen LogP contribution in [0.1, 0.15) is 11.4 Å². The van der Waals surface area contributed by atoms with Crippen molar-refractivity contribution in [2.75, 3.05) is 6.61 Å². The molecule has 0 bridgehead atoms. The van der Waals surface area contributed by atoms with Crippen molar-refractivity contribution in [3.63, 3.8) is 0 Å². The molecule has 0 fully saturated rings. The number of aliphatic hydroxyl groups is 1. The number of hydrogen-bond donors (Lipinski definition) is 1. The molecule has 0 aliphatic carbocycles. The maximum Gasteiger partial charge on any atom is 0.113 e. The van der Waals surface area contributed by atoms with Crippen molar-refractivity contribution < 1.29 is 5.11 Å². The van der Waals surface area contributed by atoms with Gasteiger partial charge in [-0.05, 0) is 11.6 Å². The summed E-state index contributed by atoms with van der Waals surface area (Å²) >= 11 is 12.1. The smallest absolute Gasteiger partial charge is 0.113 e. The van der Waals surface area contributed by atoms with Gasteiger partial charge in [0.15, 0.2) is 0 Å². The van der Waals surface area contributed by atoms with Gasteiger partial charge in [-0.25, -0.2) is 4.98 Å². The zero-order valence-corrected chi connectivity index (χ0v) is 10.6. The highest BCUT2D eigenvalue weighted by Crippen LogP contribution is 2.26. The van der Waals surface area contributed by atoms with Gasteiger partial charge in [-0.15, -0.1) is 0 Å². The van der Waals surface area contributed by atoms with Crippen LogP contribution in [0.2, 0.25) is 10.0 Å². The molecule has 1 aromatic heterocycles. The maximum atomic E-state index is 8.93. The lowest BCUT2D eigenvalue weighted by Gasteiger charge is -2.08. The average molecular weight is 271 g/mol. The molecule has 0 unspecified atom stereocenters. The summed E-state index contributed by atoms with van der Waals surface area (Å²) < 4.78 is 1.90. The van der Waals surface area contributed by atoms with Gasteiger partial charge in [0, 0.05) is 25.4 Å². The van der Waals surface area contributed by atoms with Gasteiger partial charge in [0.2, 0.25) is 0 Å². The second kappa shape index (κ2) is 5.54. The molecule has 0 amide bonds. The first kappa shape index (κ1) is 12.4. The summed E-state index contributed by atoms with van der Waals surface area (Å²) in [4.78, 5) is 4.25. The van der Waals surface area contributed by atoms with Crippen LogP contribution in [0.25, 0.3) is 0 Å². The van der Waals surface area contributed by atoms with E-state index in [0.29, 0.717) is 23.0 Å². The van der Waals surface area contributed by atoms with E-state index < -0.39 is 0 Å². The standard InChI is InChI=1S/C12H12Cl2N2O/c13-10-3-1-2-9(12(10)14)8-11-15-4-5-16(11)6-7-17/h1-5,17H,6-8H2. The Morgan fingerprint density at radius 3 is 2.88 bits per heavy atom. The van der Waals surface area contributed by atoms with Crippen LogP contribution < -0.4 is 0 Å². The highest BCUT2D eigenvalue weighted by Gasteiger charge is 2.08. The second-order valence-electron chi connectivity index (χ2n) is 3.65. The molecule has 3 nitrogen and oxygen atoms in total. The number of hydrogen-bond acceptors (Lipinski definition) is 2. The van der Waals surface area contributed by atoms with E-state index in [2.05, 4.69) is 4.98 Å². The van der Waals surface area contributed by atoms with Gasteiger partial charge in [-0.3, -0.25) is 0 Å². The average Bonchev–Trinajstić information content (AvgIpc) is 2.73. The van der Waals surface area contributed by atoms with Crippen molar-refractivity contribution in [2.45, 2.75) is 13.0 Å². The molecule has 0 spiro atoms. The van der Waals surface area contributed by atoms with E-state index in [0.717, 1.165) is 11.4 Å². The molecule has 17 heavy (non-hydrogen) atoms. The van der Waals surface area contributed by atoms with Crippen molar-refractivity contribution in [2.24, 2.45) is 0 Å². The summed E-state index contributed by atoms with van der Waals surface area (Å²) in [6.07, 6.45) is 4.15. The van der Waals surface area contributed by atoms with Gasteiger partial charge in [-0.2, -0.15) is 0 Å². The third-order valence-corrected chi connectivity index (χ3v) is 3.38. The largest absolute Gasteiger partial charge is 0.395 e. The van der Waals surface area contributed by atoms with Crippen LogP contribution in [0.3, 0.4) is 0 Å². The highest BCUT2D eigenvalue weighted by molar-refractivity contribution is 6.42. The topological polar surface area (TPSA) is 38.0 Å². The van der Waals surface area contributed by atoms with Gasteiger partial charge in [0.1, 0.15) is 5.82 Å². The lowest BCUT2D eigenvalue weighted by Crippen LogP contribution is -2.06. The number of nitrogens with zero attached hydrogens (tertiary/aromatic N) is 2. The highest BCUT2D eigenvalue weighted by atomic mass is 35.5. The van der Waals surface area contributed by atoms with Crippen molar-refractivity contribution in [1.29, 1.82) is 0 Å². The third-order valence-electron chi connectivity index (χ3n) is 2.52. The number of halogens is 2. The predicted molar refractivity (Wildman–Crippen MR) is 68.6 cm³/mol. The molecule has 2 aromatic rings. The molecule has 0 radical (unpaired) electrons.